The van der Waals surface area contributed by atoms with Gasteiger partial charge in [0.15, 0.2) is 0 Å². The summed E-state index contributed by atoms with van der Waals surface area (Å²) in [5, 5.41) is 11.0. The Balaban J connectivity index is 2.29. The lowest BCUT2D eigenvalue weighted by atomic mass is 10.1. The van der Waals surface area contributed by atoms with Crippen LogP contribution in [0.15, 0.2) is 18.2 Å². The molecule has 0 aliphatic carbocycles. The summed E-state index contributed by atoms with van der Waals surface area (Å²) in [5.41, 5.74) is 0.0759. The third kappa shape index (κ3) is 3.24. The number of nitrogens with zero attached hydrogens (tertiary/aromatic N) is 2. The zero-order valence-corrected chi connectivity index (χ0v) is 12.8. The van der Waals surface area contributed by atoms with E-state index in [1.807, 2.05) is 11.8 Å². The second-order valence-corrected chi connectivity index (χ2v) is 7.47. The van der Waals surface area contributed by atoms with Crippen molar-refractivity contribution in [1.29, 1.82) is 0 Å². The topological polar surface area (TPSA) is 63.5 Å². The van der Waals surface area contributed by atoms with Crippen molar-refractivity contribution in [2.45, 2.75) is 18.6 Å². The molecule has 0 aromatic heterocycles. The van der Waals surface area contributed by atoms with Gasteiger partial charge in [0.1, 0.15) is 0 Å². The van der Waals surface area contributed by atoms with Gasteiger partial charge in [-0.1, -0.05) is 11.6 Å². The van der Waals surface area contributed by atoms with Crippen LogP contribution < -0.4 is 0 Å². The van der Waals surface area contributed by atoms with Crippen LogP contribution in [0.5, 0.6) is 0 Å². The highest BCUT2D eigenvalue weighted by Gasteiger charge is 2.31. The Bertz CT molecular complexity index is 563. The second kappa shape index (κ2) is 5.61. The summed E-state index contributed by atoms with van der Waals surface area (Å²) in [6.45, 7) is 5.39. The van der Waals surface area contributed by atoms with E-state index >= 15 is 0 Å². The Morgan fingerprint density at radius 3 is 2.80 bits per heavy atom. The molecule has 2 rings (SSSR count). The van der Waals surface area contributed by atoms with Crippen molar-refractivity contribution < 1.29 is 9.72 Å². The number of thioether (sulfide) groups is 1. The smallest absolute Gasteiger partial charge is 0.270 e. The Morgan fingerprint density at radius 1 is 1.50 bits per heavy atom. The van der Waals surface area contributed by atoms with Crippen LogP contribution in [-0.4, -0.2) is 39.3 Å². The van der Waals surface area contributed by atoms with Gasteiger partial charge in [-0.15, -0.1) is 0 Å². The van der Waals surface area contributed by atoms with Crippen molar-refractivity contribution >= 4 is 35.0 Å². The predicted molar refractivity (Wildman–Crippen MR) is 80.5 cm³/mol. The van der Waals surface area contributed by atoms with Crippen molar-refractivity contribution in [2.24, 2.45) is 0 Å². The molecule has 0 saturated carbocycles. The SMILES string of the molecule is CC1(C)CN(C(=O)c2cc([N+](=O)[O-])ccc2Cl)CCS1. The van der Waals surface area contributed by atoms with Crippen LogP contribution in [0.3, 0.4) is 0 Å². The Kier molecular flexibility index (Phi) is 4.25. The highest BCUT2D eigenvalue weighted by molar-refractivity contribution is 8.00. The molecule has 1 fully saturated rings. The fraction of sp³-hybridized carbons (Fsp3) is 0.462. The average molecular weight is 315 g/mol. The molecule has 20 heavy (non-hydrogen) atoms. The van der Waals surface area contributed by atoms with E-state index in [0.29, 0.717) is 13.1 Å². The van der Waals surface area contributed by atoms with E-state index in [1.54, 1.807) is 4.90 Å². The Hall–Kier alpha value is -1.27. The molecule has 0 unspecified atom stereocenters. The van der Waals surface area contributed by atoms with Gasteiger partial charge in [0.25, 0.3) is 11.6 Å². The number of hydrogen-bond donors (Lipinski definition) is 0. The maximum absolute atomic E-state index is 12.5. The molecule has 1 aromatic rings. The summed E-state index contributed by atoms with van der Waals surface area (Å²) in [6.07, 6.45) is 0. The van der Waals surface area contributed by atoms with E-state index in [-0.39, 0.29) is 26.9 Å². The molecule has 108 valence electrons. The number of halogens is 1. The van der Waals surface area contributed by atoms with Gasteiger partial charge in [0.2, 0.25) is 0 Å². The van der Waals surface area contributed by atoms with Crippen LogP contribution in [0.25, 0.3) is 0 Å². The highest BCUT2D eigenvalue weighted by atomic mass is 35.5. The highest BCUT2D eigenvalue weighted by Crippen LogP contribution is 2.31. The maximum atomic E-state index is 12.5. The molecule has 0 N–H and O–H groups in total. The van der Waals surface area contributed by atoms with Gasteiger partial charge in [-0.3, -0.25) is 14.9 Å². The number of carbonyl (C=O) groups is 1. The lowest BCUT2D eigenvalue weighted by Gasteiger charge is -2.37. The van der Waals surface area contributed by atoms with Crippen LogP contribution >= 0.6 is 23.4 Å². The number of benzene rings is 1. The number of nitro groups is 1. The van der Waals surface area contributed by atoms with Gasteiger partial charge in [-0.05, 0) is 19.9 Å². The minimum Gasteiger partial charge on any atom is -0.336 e. The molecule has 0 bridgehead atoms. The summed E-state index contributed by atoms with van der Waals surface area (Å²) in [5.74, 6) is 0.609. The minimum absolute atomic E-state index is 0.0128. The van der Waals surface area contributed by atoms with Gasteiger partial charge in [-0.25, -0.2) is 0 Å². The molecule has 1 amide bonds. The zero-order chi connectivity index (χ0) is 14.9. The third-order valence-corrected chi connectivity index (χ3v) is 4.73. The quantitative estimate of drug-likeness (QED) is 0.621. The molecule has 0 radical (unpaired) electrons. The second-order valence-electron chi connectivity index (χ2n) is 5.26. The summed E-state index contributed by atoms with van der Waals surface area (Å²) in [6, 6.07) is 3.95. The summed E-state index contributed by atoms with van der Waals surface area (Å²) < 4.78 is -0.0128. The molecule has 1 aliphatic rings. The number of non-ortho nitro benzene ring substituents is 1. The first-order valence-corrected chi connectivity index (χ1v) is 7.54. The monoisotopic (exact) mass is 314 g/mol. The summed E-state index contributed by atoms with van der Waals surface area (Å²) in [4.78, 5) is 24.5. The Morgan fingerprint density at radius 2 is 2.20 bits per heavy atom. The summed E-state index contributed by atoms with van der Waals surface area (Å²) >= 11 is 7.82. The molecule has 1 saturated heterocycles. The lowest BCUT2D eigenvalue weighted by Crippen LogP contribution is -2.46. The molecule has 0 spiro atoms. The molecular weight excluding hydrogens is 300 g/mol. The molecule has 1 aliphatic heterocycles. The average Bonchev–Trinajstić information content (AvgIpc) is 2.37. The minimum atomic E-state index is -0.525. The fourth-order valence-corrected chi connectivity index (χ4v) is 3.46. The molecule has 1 heterocycles. The number of amides is 1. The van der Waals surface area contributed by atoms with E-state index in [2.05, 4.69) is 13.8 Å². The van der Waals surface area contributed by atoms with Gasteiger partial charge in [-0.2, -0.15) is 11.8 Å². The van der Waals surface area contributed by atoms with Gasteiger partial charge < -0.3 is 4.90 Å². The van der Waals surface area contributed by atoms with Crippen LogP contribution in [0, 0.1) is 10.1 Å². The molecule has 1 aromatic carbocycles. The molecule has 0 atom stereocenters. The van der Waals surface area contributed by atoms with Crippen molar-refractivity contribution in [3.8, 4) is 0 Å². The van der Waals surface area contributed by atoms with Gasteiger partial charge in [0, 0.05) is 35.7 Å². The number of hydrogen-bond acceptors (Lipinski definition) is 4. The zero-order valence-electron chi connectivity index (χ0n) is 11.3. The van der Waals surface area contributed by atoms with Crippen molar-refractivity contribution in [2.75, 3.05) is 18.8 Å². The summed E-state index contributed by atoms with van der Waals surface area (Å²) in [7, 11) is 0. The third-order valence-electron chi connectivity index (χ3n) is 3.10. The van der Waals surface area contributed by atoms with Crippen LogP contribution in [0.2, 0.25) is 5.02 Å². The number of nitro benzene ring substituents is 1. The van der Waals surface area contributed by atoms with E-state index in [1.165, 1.54) is 18.2 Å². The van der Waals surface area contributed by atoms with Gasteiger partial charge in [0.05, 0.1) is 15.5 Å². The van der Waals surface area contributed by atoms with Crippen molar-refractivity contribution in [3.05, 3.63) is 38.9 Å². The first-order valence-electron chi connectivity index (χ1n) is 6.17. The normalized spacial score (nSPS) is 17.9. The molecule has 5 nitrogen and oxygen atoms in total. The van der Waals surface area contributed by atoms with Crippen LogP contribution in [-0.2, 0) is 0 Å². The van der Waals surface area contributed by atoms with E-state index < -0.39 is 4.92 Å². The van der Waals surface area contributed by atoms with E-state index in [0.717, 1.165) is 5.75 Å². The predicted octanol–water partition coefficient (Wildman–Crippen LogP) is 3.22. The van der Waals surface area contributed by atoms with E-state index in [4.69, 9.17) is 11.6 Å². The standard InChI is InChI=1S/C13H15ClN2O3S/c1-13(2)8-15(5-6-20-13)12(17)10-7-9(16(18)19)3-4-11(10)14/h3-4,7H,5-6,8H2,1-2H3. The first-order chi connectivity index (χ1) is 9.30. The van der Waals surface area contributed by atoms with Gasteiger partial charge >= 0.3 is 0 Å². The molecule has 7 heteroatoms. The van der Waals surface area contributed by atoms with E-state index in [9.17, 15) is 14.9 Å². The molecular formula is C13H15ClN2O3S. The van der Waals surface area contributed by atoms with Crippen LogP contribution in [0.4, 0.5) is 5.69 Å². The largest absolute Gasteiger partial charge is 0.336 e. The van der Waals surface area contributed by atoms with Crippen molar-refractivity contribution in [3.63, 3.8) is 0 Å². The fourth-order valence-electron chi connectivity index (χ4n) is 2.15. The first kappa shape index (κ1) is 15.1. The van der Waals surface area contributed by atoms with Crippen molar-refractivity contribution in [1.82, 2.24) is 4.90 Å². The maximum Gasteiger partial charge on any atom is 0.270 e. The van der Waals surface area contributed by atoms with Crippen LogP contribution in [0.1, 0.15) is 24.2 Å². The Labute approximate surface area is 126 Å². The number of rotatable bonds is 2. The number of carbonyl (C=O) groups excluding carboxylic acids is 1. The lowest BCUT2D eigenvalue weighted by molar-refractivity contribution is -0.384.